The van der Waals surface area contributed by atoms with Crippen molar-refractivity contribution in [2.45, 2.75) is 19.3 Å². The third-order valence-electron chi connectivity index (χ3n) is 11.9. The standard InChI is InChI=1S/C54H38N4/c1-54(2)46-26-13-12-24-42(46)44-33-39(28-30-47(44)54)40-29-31-48-45(34-40)50-43(25-15-27-49(50)58(48)41-23-14-22-38(32-41)35-16-6-3-7-17-35)53-56-51(36-18-8-4-9-19-36)55-52(57-53)37-20-10-5-11-21-37/h3-34H,1-2H3. The summed E-state index contributed by atoms with van der Waals surface area (Å²) >= 11 is 0. The van der Waals surface area contributed by atoms with E-state index in [0.29, 0.717) is 17.5 Å². The van der Waals surface area contributed by atoms with Crippen LogP contribution in [0.2, 0.25) is 0 Å². The Balaban J connectivity index is 1.17. The first-order valence-electron chi connectivity index (χ1n) is 19.9. The first-order valence-corrected chi connectivity index (χ1v) is 19.9. The molecule has 0 unspecified atom stereocenters. The van der Waals surface area contributed by atoms with Gasteiger partial charge in [-0.05, 0) is 80.9 Å². The molecule has 0 radical (unpaired) electrons. The number of nitrogens with zero attached hydrogens (tertiary/aromatic N) is 4. The number of hydrogen-bond acceptors (Lipinski definition) is 3. The number of fused-ring (bicyclic) bond motifs is 6. The van der Waals surface area contributed by atoms with Crippen LogP contribution in [0.4, 0.5) is 0 Å². The highest BCUT2D eigenvalue weighted by molar-refractivity contribution is 6.16. The van der Waals surface area contributed by atoms with E-state index in [-0.39, 0.29) is 5.41 Å². The van der Waals surface area contributed by atoms with Gasteiger partial charge in [0.25, 0.3) is 0 Å². The van der Waals surface area contributed by atoms with Crippen LogP contribution < -0.4 is 0 Å². The molecule has 0 saturated heterocycles. The molecule has 0 spiro atoms. The van der Waals surface area contributed by atoms with E-state index in [0.717, 1.165) is 49.7 Å². The summed E-state index contributed by atoms with van der Waals surface area (Å²) in [6.07, 6.45) is 0. The third-order valence-corrected chi connectivity index (χ3v) is 11.9. The van der Waals surface area contributed by atoms with Gasteiger partial charge in [-0.15, -0.1) is 0 Å². The fourth-order valence-electron chi connectivity index (χ4n) is 9.00. The maximum atomic E-state index is 5.22. The first kappa shape index (κ1) is 33.9. The van der Waals surface area contributed by atoms with E-state index in [1.165, 1.54) is 38.9 Å². The van der Waals surface area contributed by atoms with Gasteiger partial charge < -0.3 is 4.57 Å². The van der Waals surface area contributed by atoms with Crippen molar-refractivity contribution in [3.8, 4) is 73.2 Å². The van der Waals surface area contributed by atoms with Crippen LogP contribution in [0.5, 0.6) is 0 Å². The molecule has 58 heavy (non-hydrogen) atoms. The van der Waals surface area contributed by atoms with Gasteiger partial charge in [0.05, 0.1) is 11.0 Å². The molecule has 274 valence electrons. The molecule has 1 aliphatic carbocycles. The zero-order valence-corrected chi connectivity index (χ0v) is 32.3. The molecule has 0 saturated carbocycles. The predicted octanol–water partition coefficient (Wildman–Crippen LogP) is 13.6. The lowest BCUT2D eigenvalue weighted by molar-refractivity contribution is 0.660. The number of aromatic nitrogens is 4. The van der Waals surface area contributed by atoms with Crippen molar-refractivity contribution in [2.75, 3.05) is 0 Å². The third kappa shape index (κ3) is 5.48. The van der Waals surface area contributed by atoms with Crippen LogP contribution >= 0.6 is 0 Å². The molecule has 0 atom stereocenters. The molecular weight excluding hydrogens is 705 g/mol. The zero-order chi connectivity index (χ0) is 38.8. The van der Waals surface area contributed by atoms with Crippen LogP contribution in [0.1, 0.15) is 25.0 Å². The Morgan fingerprint density at radius 2 is 0.897 bits per heavy atom. The second-order valence-corrected chi connectivity index (χ2v) is 15.7. The van der Waals surface area contributed by atoms with Gasteiger partial charge >= 0.3 is 0 Å². The Morgan fingerprint density at radius 1 is 0.362 bits per heavy atom. The smallest absolute Gasteiger partial charge is 0.164 e. The van der Waals surface area contributed by atoms with E-state index in [2.05, 4.69) is 176 Å². The van der Waals surface area contributed by atoms with E-state index in [4.69, 9.17) is 15.0 Å². The minimum Gasteiger partial charge on any atom is -0.309 e. The van der Waals surface area contributed by atoms with Crippen LogP contribution in [0.15, 0.2) is 194 Å². The van der Waals surface area contributed by atoms with Crippen LogP contribution in [-0.4, -0.2) is 19.5 Å². The second-order valence-electron chi connectivity index (χ2n) is 15.7. The average molecular weight is 743 g/mol. The fourth-order valence-corrected chi connectivity index (χ4v) is 9.00. The summed E-state index contributed by atoms with van der Waals surface area (Å²) in [7, 11) is 0. The van der Waals surface area contributed by atoms with E-state index < -0.39 is 0 Å². The molecule has 0 N–H and O–H groups in total. The Hall–Kier alpha value is -7.43. The molecule has 4 heteroatoms. The lowest BCUT2D eigenvalue weighted by atomic mass is 9.82. The Morgan fingerprint density at radius 3 is 1.62 bits per heavy atom. The first-order chi connectivity index (χ1) is 28.5. The summed E-state index contributed by atoms with van der Waals surface area (Å²) < 4.78 is 2.39. The SMILES string of the molecule is CC1(C)c2ccccc2-c2cc(-c3ccc4c(c3)c3c(-c5nc(-c6ccccc6)nc(-c6ccccc6)n5)cccc3n4-c3cccc(-c4ccccc4)c3)ccc21. The molecule has 0 amide bonds. The highest BCUT2D eigenvalue weighted by atomic mass is 15.0. The topological polar surface area (TPSA) is 43.6 Å². The summed E-state index contributed by atoms with van der Waals surface area (Å²) in [6.45, 7) is 4.67. The largest absolute Gasteiger partial charge is 0.309 e. The molecule has 8 aromatic carbocycles. The molecule has 0 aliphatic heterocycles. The van der Waals surface area contributed by atoms with Crippen LogP contribution in [0.25, 0.3) is 95.0 Å². The van der Waals surface area contributed by atoms with Gasteiger partial charge in [-0.2, -0.15) is 0 Å². The monoisotopic (exact) mass is 742 g/mol. The fraction of sp³-hybridized carbons (Fsp3) is 0.0556. The van der Waals surface area contributed by atoms with Crippen LogP contribution in [0, 0.1) is 0 Å². The maximum Gasteiger partial charge on any atom is 0.164 e. The summed E-state index contributed by atoms with van der Waals surface area (Å²) in [6, 6.07) is 69.1. The minimum absolute atomic E-state index is 0.0488. The number of rotatable bonds is 6. The van der Waals surface area contributed by atoms with Gasteiger partial charge in [-0.25, -0.2) is 15.0 Å². The molecule has 1 aliphatic rings. The van der Waals surface area contributed by atoms with Gasteiger partial charge in [-0.1, -0.05) is 172 Å². The molecule has 10 aromatic rings. The van der Waals surface area contributed by atoms with Gasteiger partial charge in [0, 0.05) is 38.6 Å². The summed E-state index contributed by atoms with van der Waals surface area (Å²) in [5, 5.41) is 2.23. The zero-order valence-electron chi connectivity index (χ0n) is 32.3. The molecular formula is C54H38N4. The highest BCUT2D eigenvalue weighted by Gasteiger charge is 2.35. The van der Waals surface area contributed by atoms with Crippen molar-refractivity contribution in [2.24, 2.45) is 0 Å². The summed E-state index contributed by atoms with van der Waals surface area (Å²) in [4.78, 5) is 15.4. The summed E-state index contributed by atoms with van der Waals surface area (Å²) in [5.41, 5.74) is 16.2. The van der Waals surface area contributed by atoms with E-state index >= 15 is 0 Å². The van der Waals surface area contributed by atoms with Gasteiger partial charge in [0.15, 0.2) is 17.5 Å². The molecule has 4 nitrogen and oxygen atoms in total. The Bertz CT molecular complexity index is 3120. The van der Waals surface area contributed by atoms with Crippen molar-refractivity contribution in [1.82, 2.24) is 19.5 Å². The van der Waals surface area contributed by atoms with E-state index in [1.807, 2.05) is 36.4 Å². The number of benzene rings is 8. The lowest BCUT2D eigenvalue weighted by Crippen LogP contribution is -2.14. The predicted molar refractivity (Wildman–Crippen MR) is 239 cm³/mol. The van der Waals surface area contributed by atoms with Crippen molar-refractivity contribution in [1.29, 1.82) is 0 Å². The van der Waals surface area contributed by atoms with Gasteiger partial charge in [-0.3, -0.25) is 0 Å². The second kappa shape index (κ2) is 13.4. The minimum atomic E-state index is -0.0488. The van der Waals surface area contributed by atoms with Crippen molar-refractivity contribution in [3.63, 3.8) is 0 Å². The number of hydrogen-bond donors (Lipinski definition) is 0. The van der Waals surface area contributed by atoms with Crippen molar-refractivity contribution in [3.05, 3.63) is 205 Å². The van der Waals surface area contributed by atoms with Gasteiger partial charge in [0.1, 0.15) is 0 Å². The molecule has 2 aromatic heterocycles. The molecule has 11 rings (SSSR count). The van der Waals surface area contributed by atoms with Gasteiger partial charge in [0.2, 0.25) is 0 Å². The Labute approximate surface area is 337 Å². The Kier molecular flexibility index (Phi) is 7.80. The van der Waals surface area contributed by atoms with Crippen molar-refractivity contribution < 1.29 is 0 Å². The van der Waals surface area contributed by atoms with E-state index in [9.17, 15) is 0 Å². The molecule has 0 bridgehead atoms. The quantitative estimate of drug-likeness (QED) is 0.170. The van der Waals surface area contributed by atoms with Crippen molar-refractivity contribution >= 4 is 21.8 Å². The molecule has 0 fully saturated rings. The highest BCUT2D eigenvalue weighted by Crippen LogP contribution is 2.50. The molecule has 2 heterocycles. The average Bonchev–Trinajstić information content (AvgIpc) is 3.75. The lowest BCUT2D eigenvalue weighted by Gasteiger charge is -2.21. The normalized spacial score (nSPS) is 12.8. The maximum absolute atomic E-state index is 5.22. The summed E-state index contributed by atoms with van der Waals surface area (Å²) in [5.74, 6) is 1.92. The van der Waals surface area contributed by atoms with Crippen LogP contribution in [-0.2, 0) is 5.41 Å². The van der Waals surface area contributed by atoms with Crippen LogP contribution in [0.3, 0.4) is 0 Å². The van der Waals surface area contributed by atoms with E-state index in [1.54, 1.807) is 0 Å².